The smallest absolute Gasteiger partial charge is 0.118 e. The minimum absolute atomic E-state index is 0.126. The van der Waals surface area contributed by atoms with Crippen LogP contribution in [0.3, 0.4) is 0 Å². The highest BCUT2D eigenvalue weighted by Crippen LogP contribution is 2.34. The first-order chi connectivity index (χ1) is 18.0. The third kappa shape index (κ3) is 7.21. The van der Waals surface area contributed by atoms with Crippen LogP contribution in [0.5, 0.6) is 5.75 Å². The van der Waals surface area contributed by atoms with Gasteiger partial charge in [-0.05, 0) is 53.6 Å². The molecule has 1 aromatic heterocycles. The fraction of sp³-hybridized carbons (Fsp3) is 0.172. The van der Waals surface area contributed by atoms with E-state index in [9.17, 15) is 14.6 Å². The van der Waals surface area contributed by atoms with Crippen LogP contribution in [-0.4, -0.2) is 39.0 Å². The number of aliphatic hydroxyl groups is 1. The average Bonchev–Trinajstić information content (AvgIpc) is 2.93. The van der Waals surface area contributed by atoms with E-state index in [1.165, 1.54) is 11.8 Å². The fourth-order valence-corrected chi connectivity index (χ4v) is 6.19. The van der Waals surface area contributed by atoms with Gasteiger partial charge in [0.2, 0.25) is 0 Å². The number of aromatic nitrogens is 1. The largest absolute Gasteiger partial charge is 0.497 e. The monoisotopic (exact) mass is 548 g/mol. The lowest BCUT2D eigenvalue weighted by Gasteiger charge is -2.14. The molecule has 4 aromatic rings. The summed E-state index contributed by atoms with van der Waals surface area (Å²) in [4.78, 5) is 4.78. The van der Waals surface area contributed by atoms with E-state index in [4.69, 9.17) is 21.3 Å². The summed E-state index contributed by atoms with van der Waals surface area (Å²) in [7, 11) is 0.368. The van der Waals surface area contributed by atoms with E-state index in [1.54, 1.807) is 19.2 Å². The number of pyridine rings is 1. The summed E-state index contributed by atoms with van der Waals surface area (Å²) in [5.74, 6) is 1.46. The molecular weight excluding hydrogens is 524 g/mol. The van der Waals surface area contributed by atoms with Crippen LogP contribution >= 0.6 is 23.4 Å². The molecule has 0 aliphatic heterocycles. The lowest BCUT2D eigenvalue weighted by molar-refractivity contribution is 0.224. The van der Waals surface area contributed by atoms with E-state index in [1.807, 2.05) is 72.8 Å². The van der Waals surface area contributed by atoms with Gasteiger partial charge in [-0.25, -0.2) is 4.98 Å². The van der Waals surface area contributed by atoms with Crippen molar-refractivity contribution in [2.24, 2.45) is 0 Å². The van der Waals surface area contributed by atoms with Crippen LogP contribution in [0.25, 0.3) is 22.4 Å². The molecule has 2 atom stereocenters. The standard InChI is InChI=1S/C29H25ClN2O3S2/c1-35-25-13-9-22(10-14-25)28-15-26(21-5-3-2-4-6-21)27(16-31)29(32-28)36-17-24(33)19-37(34)18-20-7-11-23(30)12-8-20/h2-15,24,33H,17-19H2,1H3/t24-,37+/m0/s1. The molecule has 0 unspecified atom stereocenters. The normalized spacial score (nSPS) is 12.5. The van der Waals surface area contributed by atoms with Gasteiger partial charge in [0.25, 0.3) is 0 Å². The maximum Gasteiger partial charge on any atom is 0.118 e. The molecule has 8 heteroatoms. The van der Waals surface area contributed by atoms with Crippen LogP contribution in [-0.2, 0) is 16.6 Å². The number of methoxy groups -OCH3 is 1. The second-order valence-corrected chi connectivity index (χ2v) is 11.2. The topological polar surface area (TPSA) is 83.2 Å². The third-order valence-electron chi connectivity index (χ3n) is 5.60. The minimum atomic E-state index is -1.25. The summed E-state index contributed by atoms with van der Waals surface area (Å²) in [6, 6.07) is 28.7. The van der Waals surface area contributed by atoms with Gasteiger partial charge in [0.1, 0.15) is 16.8 Å². The van der Waals surface area contributed by atoms with Crippen molar-refractivity contribution < 1.29 is 14.1 Å². The minimum Gasteiger partial charge on any atom is -0.497 e. The van der Waals surface area contributed by atoms with Gasteiger partial charge in [-0.1, -0.05) is 54.1 Å². The summed E-state index contributed by atoms with van der Waals surface area (Å²) < 4.78 is 17.9. The maximum absolute atomic E-state index is 12.6. The number of halogens is 1. The molecule has 0 aliphatic carbocycles. The van der Waals surface area contributed by atoms with Crippen molar-refractivity contribution >= 4 is 34.2 Å². The molecule has 5 nitrogen and oxygen atoms in total. The number of rotatable bonds is 10. The molecular formula is C29H25ClN2O3S2. The molecule has 0 saturated heterocycles. The molecule has 3 aromatic carbocycles. The summed E-state index contributed by atoms with van der Waals surface area (Å²) in [5.41, 5.74) is 4.62. The van der Waals surface area contributed by atoms with Crippen molar-refractivity contribution in [3.63, 3.8) is 0 Å². The van der Waals surface area contributed by atoms with Crippen molar-refractivity contribution in [1.29, 1.82) is 5.26 Å². The molecule has 37 heavy (non-hydrogen) atoms. The molecule has 0 aliphatic rings. The van der Waals surface area contributed by atoms with E-state index < -0.39 is 16.9 Å². The predicted octanol–water partition coefficient (Wildman–Crippen LogP) is 6.35. The van der Waals surface area contributed by atoms with Crippen molar-refractivity contribution in [3.8, 4) is 34.2 Å². The van der Waals surface area contributed by atoms with Gasteiger partial charge in [-0.15, -0.1) is 11.8 Å². The van der Waals surface area contributed by atoms with Gasteiger partial charge in [-0.3, -0.25) is 4.21 Å². The van der Waals surface area contributed by atoms with Gasteiger partial charge in [-0.2, -0.15) is 5.26 Å². The SMILES string of the molecule is COc1ccc(-c2cc(-c3ccccc3)c(C#N)c(SC[C@H](O)C[S@](=O)Cc3ccc(Cl)cc3)n2)cc1. The highest BCUT2D eigenvalue weighted by Gasteiger charge is 2.18. The number of thioether (sulfide) groups is 1. The Morgan fingerprint density at radius 2 is 1.76 bits per heavy atom. The molecule has 0 radical (unpaired) electrons. The highest BCUT2D eigenvalue weighted by atomic mass is 35.5. The predicted molar refractivity (Wildman–Crippen MR) is 151 cm³/mol. The quantitative estimate of drug-likeness (QED) is 0.232. The summed E-state index contributed by atoms with van der Waals surface area (Å²) in [6.07, 6.45) is -0.823. The molecule has 0 spiro atoms. The Kier molecular flexibility index (Phi) is 9.37. The van der Waals surface area contributed by atoms with Gasteiger partial charge in [0.15, 0.2) is 0 Å². The zero-order chi connectivity index (χ0) is 26.2. The Morgan fingerprint density at radius 1 is 1.05 bits per heavy atom. The molecule has 0 amide bonds. The number of nitrogens with zero attached hydrogens (tertiary/aromatic N) is 2. The number of aliphatic hydroxyl groups excluding tert-OH is 1. The number of hydrogen-bond donors (Lipinski definition) is 1. The van der Waals surface area contributed by atoms with E-state index >= 15 is 0 Å². The Labute approximate surface area is 228 Å². The summed E-state index contributed by atoms with van der Waals surface area (Å²) in [5, 5.41) is 21.8. The fourth-order valence-electron chi connectivity index (χ4n) is 3.75. The second kappa shape index (κ2) is 12.9. The molecule has 0 saturated carbocycles. The first-order valence-electron chi connectivity index (χ1n) is 11.5. The van der Waals surface area contributed by atoms with Crippen LogP contribution in [0.2, 0.25) is 5.02 Å². The van der Waals surface area contributed by atoms with Gasteiger partial charge >= 0.3 is 0 Å². The molecule has 0 fully saturated rings. The molecule has 188 valence electrons. The van der Waals surface area contributed by atoms with Crippen LogP contribution in [0.1, 0.15) is 11.1 Å². The Hall–Kier alpha value is -3.15. The van der Waals surface area contributed by atoms with E-state index in [0.717, 1.165) is 28.0 Å². The van der Waals surface area contributed by atoms with E-state index in [2.05, 4.69) is 6.07 Å². The zero-order valence-corrected chi connectivity index (χ0v) is 22.5. The first-order valence-corrected chi connectivity index (χ1v) is 14.4. The first kappa shape index (κ1) is 26.9. The number of hydrogen-bond acceptors (Lipinski definition) is 6. The third-order valence-corrected chi connectivity index (χ3v) is 8.38. The van der Waals surface area contributed by atoms with Gasteiger partial charge in [0, 0.05) is 38.5 Å². The van der Waals surface area contributed by atoms with Crippen LogP contribution in [0, 0.1) is 11.3 Å². The lowest BCUT2D eigenvalue weighted by Crippen LogP contribution is -2.20. The van der Waals surface area contributed by atoms with Crippen LogP contribution in [0.4, 0.5) is 0 Å². The second-order valence-electron chi connectivity index (χ2n) is 8.28. The number of benzene rings is 3. The molecule has 1 heterocycles. The van der Waals surface area contributed by atoms with Crippen LogP contribution < -0.4 is 4.74 Å². The van der Waals surface area contributed by atoms with E-state index in [-0.39, 0.29) is 11.5 Å². The zero-order valence-electron chi connectivity index (χ0n) is 20.1. The number of nitriles is 1. The summed E-state index contributed by atoms with van der Waals surface area (Å²) >= 11 is 7.21. The Morgan fingerprint density at radius 3 is 2.41 bits per heavy atom. The van der Waals surface area contributed by atoms with Crippen molar-refractivity contribution in [2.45, 2.75) is 16.9 Å². The molecule has 0 bridgehead atoms. The lowest BCUT2D eigenvalue weighted by atomic mass is 9.99. The highest BCUT2D eigenvalue weighted by molar-refractivity contribution is 7.99. The van der Waals surface area contributed by atoms with Crippen molar-refractivity contribution in [1.82, 2.24) is 4.98 Å². The average molecular weight is 549 g/mol. The maximum atomic E-state index is 12.6. The van der Waals surface area contributed by atoms with Crippen molar-refractivity contribution in [3.05, 3.63) is 101 Å². The Bertz CT molecular complexity index is 1410. The Balaban J connectivity index is 1.56. The van der Waals surface area contributed by atoms with E-state index in [0.29, 0.717) is 27.1 Å². The molecule has 1 N–H and O–H groups in total. The summed E-state index contributed by atoms with van der Waals surface area (Å²) in [6.45, 7) is 0. The van der Waals surface area contributed by atoms with Crippen LogP contribution in [0.15, 0.2) is 90.0 Å². The number of ether oxygens (including phenoxy) is 1. The van der Waals surface area contributed by atoms with Gasteiger partial charge < -0.3 is 9.84 Å². The molecule has 4 rings (SSSR count). The van der Waals surface area contributed by atoms with Gasteiger partial charge in [0.05, 0.1) is 30.2 Å². The van der Waals surface area contributed by atoms with Crippen molar-refractivity contribution in [2.75, 3.05) is 18.6 Å².